The van der Waals surface area contributed by atoms with Crippen LogP contribution in [0.1, 0.15) is 5.82 Å². The lowest BCUT2D eigenvalue weighted by Crippen LogP contribution is -2.52. The molecule has 1 aromatic carbocycles. The zero-order chi connectivity index (χ0) is 19.3. The van der Waals surface area contributed by atoms with Gasteiger partial charge in [0.15, 0.2) is 11.7 Å². The average molecular weight is 509 g/mol. The highest BCUT2D eigenvalue weighted by atomic mass is 127. The number of aromatic nitrogens is 3. The summed E-state index contributed by atoms with van der Waals surface area (Å²) in [5, 5.41) is 20.5. The Morgan fingerprint density at radius 1 is 1.21 bits per heavy atom. The van der Waals surface area contributed by atoms with Crippen LogP contribution in [0.5, 0.6) is 5.75 Å². The molecule has 3 aromatic rings. The van der Waals surface area contributed by atoms with Crippen LogP contribution in [-0.2, 0) is 6.54 Å². The molecule has 0 spiro atoms. The number of piperazine rings is 1. The number of guanidine groups is 1. The van der Waals surface area contributed by atoms with E-state index < -0.39 is 0 Å². The van der Waals surface area contributed by atoms with Crippen molar-refractivity contribution in [3.63, 3.8) is 0 Å². The molecule has 10 heteroatoms. The fourth-order valence-corrected chi connectivity index (χ4v) is 3.28. The highest BCUT2D eigenvalue weighted by Gasteiger charge is 2.21. The van der Waals surface area contributed by atoms with E-state index in [2.05, 4.69) is 35.3 Å². The Bertz CT molecular complexity index is 934. The van der Waals surface area contributed by atoms with Crippen LogP contribution in [0.3, 0.4) is 0 Å². The quantitative estimate of drug-likeness (QED) is 0.282. The van der Waals surface area contributed by atoms with Crippen LogP contribution >= 0.6 is 24.0 Å². The van der Waals surface area contributed by atoms with E-state index >= 15 is 0 Å². The number of aromatic hydroxyl groups is 1. The Morgan fingerprint density at radius 2 is 2.00 bits per heavy atom. The molecule has 0 saturated carbocycles. The van der Waals surface area contributed by atoms with Gasteiger partial charge in [-0.15, -0.1) is 29.1 Å². The van der Waals surface area contributed by atoms with Crippen molar-refractivity contribution in [1.82, 2.24) is 25.4 Å². The number of hydrogen-bond acceptors (Lipinski definition) is 6. The lowest BCUT2D eigenvalue weighted by atomic mass is 10.2. The number of H-pyrrole nitrogens is 1. The second-order valence-electron chi connectivity index (χ2n) is 6.45. The predicted octanol–water partition coefficient (Wildman–Crippen LogP) is 2.29. The van der Waals surface area contributed by atoms with Gasteiger partial charge in [-0.1, -0.05) is 12.1 Å². The molecule has 3 heterocycles. The van der Waals surface area contributed by atoms with Crippen LogP contribution in [-0.4, -0.2) is 64.4 Å². The number of hydrogen-bond donors (Lipinski definition) is 3. The molecule has 2 aromatic heterocycles. The number of nitrogens with zero attached hydrogens (tertiary/aromatic N) is 5. The smallest absolute Gasteiger partial charge is 0.216 e. The summed E-state index contributed by atoms with van der Waals surface area (Å²) in [7, 11) is 1.77. The topological polar surface area (TPSA) is 106 Å². The monoisotopic (exact) mass is 509 g/mol. The van der Waals surface area contributed by atoms with Crippen molar-refractivity contribution in [3.8, 4) is 17.3 Å². The lowest BCUT2D eigenvalue weighted by molar-refractivity contribution is 0.369. The van der Waals surface area contributed by atoms with Gasteiger partial charge in [-0.2, -0.15) is 0 Å². The van der Waals surface area contributed by atoms with Gasteiger partial charge in [0, 0.05) is 33.2 Å². The van der Waals surface area contributed by atoms with Gasteiger partial charge >= 0.3 is 0 Å². The van der Waals surface area contributed by atoms with E-state index in [1.165, 1.54) is 0 Å². The van der Waals surface area contributed by atoms with Crippen LogP contribution in [0.15, 0.2) is 52.1 Å². The molecular formula is C19H24IN7O2. The van der Waals surface area contributed by atoms with Crippen molar-refractivity contribution in [1.29, 1.82) is 0 Å². The molecular weight excluding hydrogens is 485 g/mol. The third kappa shape index (κ3) is 4.81. The molecule has 3 N–H and O–H groups in total. The Balaban J connectivity index is 0.00000240. The van der Waals surface area contributed by atoms with Crippen molar-refractivity contribution < 1.29 is 9.52 Å². The number of benzene rings is 1. The molecule has 0 radical (unpaired) electrons. The van der Waals surface area contributed by atoms with Crippen molar-refractivity contribution in [2.75, 3.05) is 38.1 Å². The molecule has 0 bridgehead atoms. The van der Waals surface area contributed by atoms with Gasteiger partial charge in [0.25, 0.3) is 0 Å². The Kier molecular flexibility index (Phi) is 6.96. The van der Waals surface area contributed by atoms with E-state index in [4.69, 9.17) is 4.42 Å². The molecule has 29 heavy (non-hydrogen) atoms. The summed E-state index contributed by atoms with van der Waals surface area (Å²) in [6, 6.07) is 11.1. The van der Waals surface area contributed by atoms with Gasteiger partial charge in [0.1, 0.15) is 11.6 Å². The molecule has 4 rings (SSSR count). The molecule has 0 unspecified atom stereocenters. The number of nitrogens with one attached hydrogen (secondary N) is 2. The van der Waals surface area contributed by atoms with Crippen LogP contribution in [0, 0.1) is 0 Å². The minimum absolute atomic E-state index is 0. The number of aromatic amines is 1. The Morgan fingerprint density at radius 3 is 2.69 bits per heavy atom. The van der Waals surface area contributed by atoms with Crippen molar-refractivity contribution in [2.45, 2.75) is 6.54 Å². The number of phenols is 1. The summed E-state index contributed by atoms with van der Waals surface area (Å²) in [6.45, 7) is 3.72. The van der Waals surface area contributed by atoms with Gasteiger partial charge < -0.3 is 24.6 Å². The normalized spacial score (nSPS) is 14.6. The summed E-state index contributed by atoms with van der Waals surface area (Å²) in [5.41, 5.74) is 0.872. The number of rotatable bonds is 4. The van der Waals surface area contributed by atoms with Crippen LogP contribution in [0.4, 0.5) is 5.69 Å². The second-order valence-corrected chi connectivity index (χ2v) is 6.45. The van der Waals surface area contributed by atoms with Crippen molar-refractivity contribution in [3.05, 3.63) is 48.5 Å². The number of halogens is 1. The zero-order valence-electron chi connectivity index (χ0n) is 16.1. The van der Waals surface area contributed by atoms with E-state index in [1.807, 2.05) is 24.3 Å². The van der Waals surface area contributed by atoms with Crippen molar-refractivity contribution in [2.24, 2.45) is 4.99 Å². The molecule has 154 valence electrons. The van der Waals surface area contributed by atoms with Crippen LogP contribution < -0.4 is 10.2 Å². The summed E-state index contributed by atoms with van der Waals surface area (Å²) in [6.07, 6.45) is 1.60. The predicted molar refractivity (Wildman–Crippen MR) is 122 cm³/mol. The van der Waals surface area contributed by atoms with Gasteiger partial charge in [-0.25, -0.2) is 4.98 Å². The molecule has 1 saturated heterocycles. The largest absolute Gasteiger partial charge is 0.506 e. The zero-order valence-corrected chi connectivity index (χ0v) is 18.4. The van der Waals surface area contributed by atoms with Gasteiger partial charge in [0.05, 0.1) is 18.5 Å². The maximum Gasteiger partial charge on any atom is 0.216 e. The first-order valence-electron chi connectivity index (χ1n) is 9.18. The highest BCUT2D eigenvalue weighted by Crippen LogP contribution is 2.27. The Labute approximate surface area is 185 Å². The standard InChI is InChI=1S/C19H23N7O2.HI/c1-20-19(21-13-17-22-18(24-23-17)16-7-4-12-28-16)26-10-8-25(9-11-26)14-5-2-3-6-15(14)27;/h2-7,12,27H,8-11,13H2,1H3,(H,20,21)(H,22,23,24);1H. The number of phenolic OH excluding ortho intramolecular Hbond substituents is 1. The highest BCUT2D eigenvalue weighted by molar-refractivity contribution is 14.0. The van der Waals surface area contributed by atoms with Crippen LogP contribution in [0.25, 0.3) is 11.6 Å². The first kappa shape index (κ1) is 21.0. The van der Waals surface area contributed by atoms with E-state index in [-0.39, 0.29) is 24.0 Å². The number of aliphatic imine (C=N–C) groups is 1. The van der Waals surface area contributed by atoms with Gasteiger partial charge in [-0.3, -0.25) is 10.1 Å². The molecule has 1 fully saturated rings. The number of furan rings is 1. The SMILES string of the molecule is CN=C(NCc1nc(-c2ccco2)n[nH]1)N1CCN(c2ccccc2O)CC1.I. The number of anilines is 1. The molecule has 0 amide bonds. The fraction of sp³-hybridized carbons (Fsp3) is 0.316. The maximum atomic E-state index is 10.1. The number of para-hydroxylation sites is 2. The minimum Gasteiger partial charge on any atom is -0.506 e. The lowest BCUT2D eigenvalue weighted by Gasteiger charge is -2.37. The average Bonchev–Trinajstić information content (AvgIpc) is 3.41. The molecule has 1 aliphatic rings. The third-order valence-electron chi connectivity index (χ3n) is 4.70. The third-order valence-corrected chi connectivity index (χ3v) is 4.70. The molecule has 0 atom stereocenters. The van der Waals surface area contributed by atoms with Crippen molar-refractivity contribution >= 4 is 35.6 Å². The first-order valence-corrected chi connectivity index (χ1v) is 9.18. The molecule has 0 aliphatic carbocycles. The van der Waals surface area contributed by atoms with Gasteiger partial charge in [-0.05, 0) is 24.3 Å². The minimum atomic E-state index is 0. The summed E-state index contributed by atoms with van der Waals surface area (Å²) < 4.78 is 5.31. The van der Waals surface area contributed by atoms with Gasteiger partial charge in [0.2, 0.25) is 5.82 Å². The summed E-state index contributed by atoms with van der Waals surface area (Å²) in [5.74, 6) is 3.00. The van der Waals surface area contributed by atoms with E-state index in [0.717, 1.165) is 37.8 Å². The first-order chi connectivity index (χ1) is 13.7. The summed E-state index contributed by atoms with van der Waals surface area (Å²) in [4.78, 5) is 13.2. The maximum absolute atomic E-state index is 10.1. The summed E-state index contributed by atoms with van der Waals surface area (Å²) >= 11 is 0. The second kappa shape index (κ2) is 9.63. The Hall–Kier alpha value is -2.76. The molecule has 9 nitrogen and oxygen atoms in total. The van der Waals surface area contributed by atoms with Crippen LogP contribution in [0.2, 0.25) is 0 Å². The van der Waals surface area contributed by atoms with E-state index in [0.29, 0.717) is 29.7 Å². The van der Waals surface area contributed by atoms with E-state index in [1.54, 1.807) is 25.4 Å². The molecule has 1 aliphatic heterocycles. The fourth-order valence-electron chi connectivity index (χ4n) is 3.28. The van der Waals surface area contributed by atoms with E-state index in [9.17, 15) is 5.11 Å².